The number of rotatable bonds is 4. The molecule has 0 amide bonds. The highest BCUT2D eigenvalue weighted by Crippen LogP contribution is 2.21. The molecule has 0 aliphatic heterocycles. The molecule has 18 heavy (non-hydrogen) atoms. The Hall–Kier alpha value is -1.91. The number of anilines is 1. The van der Waals surface area contributed by atoms with Gasteiger partial charge in [-0.1, -0.05) is 0 Å². The SMILES string of the molecule is CCn1ccc(NC(C)c2cc(F)ccc2F)n1. The predicted octanol–water partition coefficient (Wildman–Crippen LogP) is 3.35. The summed E-state index contributed by atoms with van der Waals surface area (Å²) in [5, 5.41) is 7.28. The molecule has 96 valence electrons. The van der Waals surface area contributed by atoms with Gasteiger partial charge >= 0.3 is 0 Å². The second-order valence-corrected chi connectivity index (χ2v) is 4.09. The van der Waals surface area contributed by atoms with Crippen LogP contribution in [0.15, 0.2) is 30.5 Å². The van der Waals surface area contributed by atoms with Gasteiger partial charge in [0.05, 0.1) is 6.04 Å². The summed E-state index contributed by atoms with van der Waals surface area (Å²) in [6.07, 6.45) is 1.83. The van der Waals surface area contributed by atoms with E-state index in [1.165, 1.54) is 6.07 Å². The number of aromatic nitrogens is 2. The fourth-order valence-corrected chi connectivity index (χ4v) is 1.76. The average Bonchev–Trinajstić information content (AvgIpc) is 2.80. The van der Waals surface area contributed by atoms with E-state index in [0.29, 0.717) is 11.4 Å². The van der Waals surface area contributed by atoms with Crippen molar-refractivity contribution in [2.75, 3.05) is 5.32 Å². The molecule has 0 aliphatic rings. The molecule has 0 saturated heterocycles. The van der Waals surface area contributed by atoms with Crippen LogP contribution < -0.4 is 5.32 Å². The first-order chi connectivity index (χ1) is 8.60. The summed E-state index contributed by atoms with van der Waals surface area (Å²) in [5.41, 5.74) is 0.293. The molecule has 1 aromatic heterocycles. The van der Waals surface area contributed by atoms with Crippen molar-refractivity contribution in [1.82, 2.24) is 9.78 Å². The van der Waals surface area contributed by atoms with Crippen molar-refractivity contribution in [3.8, 4) is 0 Å². The Balaban J connectivity index is 2.16. The highest BCUT2D eigenvalue weighted by molar-refractivity contribution is 5.37. The van der Waals surface area contributed by atoms with Gasteiger partial charge in [0.2, 0.25) is 0 Å². The normalized spacial score (nSPS) is 12.4. The van der Waals surface area contributed by atoms with E-state index < -0.39 is 11.6 Å². The summed E-state index contributed by atoms with van der Waals surface area (Å²) in [7, 11) is 0. The number of nitrogens with zero attached hydrogens (tertiary/aromatic N) is 2. The molecule has 1 heterocycles. The monoisotopic (exact) mass is 251 g/mol. The van der Waals surface area contributed by atoms with Crippen LogP contribution in [0.4, 0.5) is 14.6 Å². The van der Waals surface area contributed by atoms with Crippen molar-refractivity contribution in [1.29, 1.82) is 0 Å². The molecule has 0 aliphatic carbocycles. The first-order valence-corrected chi connectivity index (χ1v) is 5.85. The fraction of sp³-hybridized carbons (Fsp3) is 0.308. The van der Waals surface area contributed by atoms with Gasteiger partial charge in [-0.25, -0.2) is 8.78 Å². The summed E-state index contributed by atoms with van der Waals surface area (Å²) >= 11 is 0. The van der Waals surface area contributed by atoms with Crippen LogP contribution in [0.3, 0.4) is 0 Å². The van der Waals surface area contributed by atoms with E-state index in [2.05, 4.69) is 10.4 Å². The van der Waals surface area contributed by atoms with Crippen molar-refractivity contribution in [2.24, 2.45) is 0 Å². The highest BCUT2D eigenvalue weighted by atomic mass is 19.1. The Morgan fingerprint density at radius 2 is 2.11 bits per heavy atom. The summed E-state index contributed by atoms with van der Waals surface area (Å²) in [5.74, 6) is -0.224. The Morgan fingerprint density at radius 3 is 2.78 bits per heavy atom. The number of benzene rings is 1. The van der Waals surface area contributed by atoms with Crippen LogP contribution in [0.1, 0.15) is 25.5 Å². The van der Waals surface area contributed by atoms with Crippen LogP contribution >= 0.6 is 0 Å². The van der Waals surface area contributed by atoms with Crippen LogP contribution in [0.2, 0.25) is 0 Å². The van der Waals surface area contributed by atoms with E-state index in [1.807, 2.05) is 13.1 Å². The highest BCUT2D eigenvalue weighted by Gasteiger charge is 2.12. The number of hydrogen-bond donors (Lipinski definition) is 1. The quantitative estimate of drug-likeness (QED) is 0.903. The molecule has 0 fully saturated rings. The lowest BCUT2D eigenvalue weighted by Gasteiger charge is -2.14. The van der Waals surface area contributed by atoms with Crippen molar-refractivity contribution in [3.63, 3.8) is 0 Å². The van der Waals surface area contributed by atoms with Crippen molar-refractivity contribution in [3.05, 3.63) is 47.7 Å². The van der Waals surface area contributed by atoms with Crippen molar-refractivity contribution >= 4 is 5.82 Å². The molecule has 0 spiro atoms. The third-order valence-corrected chi connectivity index (χ3v) is 2.75. The van der Waals surface area contributed by atoms with Gasteiger partial charge in [0, 0.05) is 24.4 Å². The number of nitrogens with one attached hydrogen (secondary N) is 1. The number of halogens is 2. The second kappa shape index (κ2) is 5.16. The lowest BCUT2D eigenvalue weighted by atomic mass is 10.1. The van der Waals surface area contributed by atoms with Gasteiger partial charge in [-0.15, -0.1) is 0 Å². The molecule has 5 heteroatoms. The van der Waals surface area contributed by atoms with Crippen molar-refractivity contribution < 1.29 is 8.78 Å². The van der Waals surface area contributed by atoms with Crippen LogP contribution in [-0.2, 0) is 6.54 Å². The molecule has 3 nitrogen and oxygen atoms in total. The maximum Gasteiger partial charge on any atom is 0.148 e. The first kappa shape index (κ1) is 12.5. The van der Waals surface area contributed by atoms with Gasteiger partial charge in [0.1, 0.15) is 17.5 Å². The zero-order valence-electron chi connectivity index (χ0n) is 10.3. The van der Waals surface area contributed by atoms with Gasteiger partial charge < -0.3 is 5.32 Å². The van der Waals surface area contributed by atoms with Gasteiger partial charge in [-0.3, -0.25) is 4.68 Å². The topological polar surface area (TPSA) is 29.9 Å². The third-order valence-electron chi connectivity index (χ3n) is 2.75. The van der Waals surface area contributed by atoms with E-state index in [0.717, 1.165) is 18.7 Å². The zero-order valence-corrected chi connectivity index (χ0v) is 10.3. The minimum atomic E-state index is -0.445. The zero-order chi connectivity index (χ0) is 13.1. The molecule has 1 N–H and O–H groups in total. The maximum absolute atomic E-state index is 13.6. The summed E-state index contributed by atoms with van der Waals surface area (Å²) in [4.78, 5) is 0. The minimum Gasteiger partial charge on any atom is -0.362 e. The fourth-order valence-electron chi connectivity index (χ4n) is 1.76. The summed E-state index contributed by atoms with van der Waals surface area (Å²) < 4.78 is 28.4. The molecular formula is C13H15F2N3. The van der Waals surface area contributed by atoms with Gasteiger partial charge in [0.15, 0.2) is 0 Å². The Labute approximate surface area is 104 Å². The Kier molecular flexibility index (Phi) is 3.60. The van der Waals surface area contributed by atoms with E-state index in [-0.39, 0.29) is 6.04 Å². The molecule has 2 aromatic rings. The van der Waals surface area contributed by atoms with E-state index >= 15 is 0 Å². The van der Waals surface area contributed by atoms with Gasteiger partial charge in [0.25, 0.3) is 0 Å². The Bertz CT molecular complexity index is 537. The van der Waals surface area contributed by atoms with Crippen LogP contribution in [0.5, 0.6) is 0 Å². The van der Waals surface area contributed by atoms with Crippen LogP contribution in [-0.4, -0.2) is 9.78 Å². The molecule has 1 aromatic carbocycles. The molecule has 0 bridgehead atoms. The van der Waals surface area contributed by atoms with Gasteiger partial charge in [-0.2, -0.15) is 5.10 Å². The third kappa shape index (κ3) is 2.67. The standard InChI is InChI=1S/C13H15F2N3/c1-3-18-7-6-13(17-18)16-9(2)11-8-10(14)4-5-12(11)15/h4-9H,3H2,1-2H3,(H,16,17). The van der Waals surface area contributed by atoms with Gasteiger partial charge in [-0.05, 0) is 32.0 Å². The number of hydrogen-bond acceptors (Lipinski definition) is 2. The summed E-state index contributed by atoms with van der Waals surface area (Å²) in [6.45, 7) is 4.51. The molecule has 0 radical (unpaired) electrons. The lowest BCUT2D eigenvalue weighted by Crippen LogP contribution is -2.10. The second-order valence-electron chi connectivity index (χ2n) is 4.09. The van der Waals surface area contributed by atoms with Crippen LogP contribution in [0, 0.1) is 11.6 Å². The van der Waals surface area contributed by atoms with E-state index in [9.17, 15) is 8.78 Å². The number of aryl methyl sites for hydroxylation is 1. The van der Waals surface area contributed by atoms with E-state index in [1.54, 1.807) is 17.7 Å². The summed E-state index contributed by atoms with van der Waals surface area (Å²) in [6, 6.07) is 4.90. The molecule has 0 saturated carbocycles. The smallest absolute Gasteiger partial charge is 0.148 e. The predicted molar refractivity (Wildman–Crippen MR) is 66.3 cm³/mol. The maximum atomic E-state index is 13.6. The van der Waals surface area contributed by atoms with Crippen molar-refractivity contribution in [2.45, 2.75) is 26.4 Å². The largest absolute Gasteiger partial charge is 0.362 e. The molecule has 1 unspecified atom stereocenters. The molecule has 2 rings (SSSR count). The molecule has 1 atom stereocenters. The average molecular weight is 251 g/mol. The van der Waals surface area contributed by atoms with Crippen LogP contribution in [0.25, 0.3) is 0 Å². The minimum absolute atomic E-state index is 0.293. The lowest BCUT2D eigenvalue weighted by molar-refractivity contribution is 0.576. The van der Waals surface area contributed by atoms with E-state index in [4.69, 9.17) is 0 Å². The molecular weight excluding hydrogens is 236 g/mol. The first-order valence-electron chi connectivity index (χ1n) is 5.85. The Morgan fingerprint density at radius 1 is 1.33 bits per heavy atom.